The zero-order valence-electron chi connectivity index (χ0n) is 13.8. The minimum atomic E-state index is -0.666. The van der Waals surface area contributed by atoms with Crippen molar-refractivity contribution in [1.82, 2.24) is 5.32 Å². The Hall–Kier alpha value is -1.57. The van der Waals surface area contributed by atoms with E-state index in [1.54, 1.807) is 0 Å². The van der Waals surface area contributed by atoms with Gasteiger partial charge in [-0.3, -0.25) is 4.79 Å². The lowest BCUT2D eigenvalue weighted by Gasteiger charge is -2.32. The number of nitriles is 1. The van der Waals surface area contributed by atoms with Crippen LogP contribution >= 0.6 is 11.6 Å². The number of hydrogen-bond acceptors (Lipinski definition) is 2. The minimum absolute atomic E-state index is 0.0609. The van der Waals surface area contributed by atoms with E-state index in [0.29, 0.717) is 5.02 Å². The van der Waals surface area contributed by atoms with Crippen LogP contribution < -0.4 is 10.6 Å². The molecule has 1 aromatic rings. The second kappa shape index (κ2) is 7.81. The number of carbonyl (C=O) groups is 1. The smallest absolute Gasteiger partial charge is 0.279 e. The van der Waals surface area contributed by atoms with Crippen LogP contribution in [0.5, 0.6) is 0 Å². The molecule has 0 aliphatic heterocycles. The lowest BCUT2D eigenvalue weighted by Crippen LogP contribution is -2.92. The molecule has 1 amide bonds. The van der Waals surface area contributed by atoms with E-state index in [4.69, 9.17) is 11.6 Å². The van der Waals surface area contributed by atoms with Crippen LogP contribution in [-0.2, 0) is 4.79 Å². The molecule has 0 aromatic heterocycles. The predicted octanol–water partition coefficient (Wildman–Crippen LogP) is 2.70. The summed E-state index contributed by atoms with van der Waals surface area (Å²) in [5.74, 6) is -0.0609. The van der Waals surface area contributed by atoms with Crippen LogP contribution in [0.25, 0.3) is 0 Å². The van der Waals surface area contributed by atoms with Crippen LogP contribution in [0.1, 0.15) is 57.6 Å². The maximum atomic E-state index is 12.5. The summed E-state index contributed by atoms with van der Waals surface area (Å²) in [7, 11) is 0. The van der Waals surface area contributed by atoms with Gasteiger partial charge in [-0.15, -0.1) is 0 Å². The summed E-state index contributed by atoms with van der Waals surface area (Å²) in [6.07, 6.45) is 4.68. The number of quaternary nitrogens is 1. The number of amides is 1. The quantitative estimate of drug-likeness (QED) is 0.869. The Morgan fingerprint density at radius 3 is 2.43 bits per heavy atom. The zero-order chi connectivity index (χ0) is 16.9. The third-order valence-corrected chi connectivity index (χ3v) is 4.92. The Labute approximate surface area is 143 Å². The van der Waals surface area contributed by atoms with Crippen molar-refractivity contribution in [3.63, 3.8) is 0 Å². The number of halogens is 1. The maximum Gasteiger partial charge on any atom is 0.279 e. The van der Waals surface area contributed by atoms with Crippen molar-refractivity contribution in [2.75, 3.05) is 0 Å². The maximum absolute atomic E-state index is 12.5. The molecule has 4 nitrogen and oxygen atoms in total. The molecule has 2 rings (SSSR count). The number of nitrogens with two attached hydrogens (primary N) is 1. The molecule has 1 aliphatic carbocycles. The fraction of sp³-hybridized carbons (Fsp3) is 0.556. The molecule has 0 spiro atoms. The zero-order valence-corrected chi connectivity index (χ0v) is 14.6. The molecule has 3 N–H and O–H groups in total. The molecule has 0 unspecified atom stereocenters. The number of hydrogen-bond donors (Lipinski definition) is 2. The summed E-state index contributed by atoms with van der Waals surface area (Å²) in [6.45, 7) is 3.95. The number of nitrogens with zero attached hydrogens (tertiary/aromatic N) is 1. The second-order valence-corrected chi connectivity index (χ2v) is 7.00. The molecule has 1 saturated carbocycles. The molecule has 1 aromatic carbocycles. The summed E-state index contributed by atoms with van der Waals surface area (Å²) in [6, 6.07) is 9.92. The fourth-order valence-electron chi connectivity index (χ4n) is 3.17. The van der Waals surface area contributed by atoms with Gasteiger partial charge in [0.05, 0.1) is 6.07 Å². The van der Waals surface area contributed by atoms with E-state index >= 15 is 0 Å². The number of carbonyl (C=O) groups excluding carboxylic acids is 1. The highest BCUT2D eigenvalue weighted by atomic mass is 35.5. The van der Waals surface area contributed by atoms with Gasteiger partial charge in [0.1, 0.15) is 11.6 Å². The van der Waals surface area contributed by atoms with Crippen molar-refractivity contribution < 1.29 is 10.1 Å². The van der Waals surface area contributed by atoms with E-state index in [9.17, 15) is 10.1 Å². The average molecular weight is 335 g/mol. The van der Waals surface area contributed by atoms with Crippen molar-refractivity contribution in [3.8, 4) is 6.07 Å². The molecule has 2 atom stereocenters. The third-order valence-electron chi connectivity index (χ3n) is 4.67. The standard InChI is InChI=1S/C18H24ClN3O/c1-13(15-6-8-16(19)9-7-15)21-14(2)17(23)22-18(12-20)10-4-3-5-11-18/h6-9,13-14,21H,3-5,10-11H2,1-2H3,(H,22,23)/p+1/t13-,14+/m0/s1. The topological polar surface area (TPSA) is 69.5 Å². The Morgan fingerprint density at radius 2 is 1.87 bits per heavy atom. The number of nitrogens with one attached hydrogen (secondary N) is 1. The lowest BCUT2D eigenvalue weighted by atomic mass is 9.82. The van der Waals surface area contributed by atoms with Gasteiger partial charge in [0.2, 0.25) is 0 Å². The van der Waals surface area contributed by atoms with E-state index in [2.05, 4.69) is 18.3 Å². The van der Waals surface area contributed by atoms with Crippen molar-refractivity contribution in [1.29, 1.82) is 5.26 Å². The van der Waals surface area contributed by atoms with Crippen molar-refractivity contribution >= 4 is 17.5 Å². The van der Waals surface area contributed by atoms with E-state index in [1.165, 1.54) is 0 Å². The first-order valence-electron chi connectivity index (χ1n) is 8.29. The monoisotopic (exact) mass is 334 g/mol. The second-order valence-electron chi connectivity index (χ2n) is 6.57. The van der Waals surface area contributed by atoms with Crippen LogP contribution in [0, 0.1) is 11.3 Å². The van der Waals surface area contributed by atoms with Gasteiger partial charge in [-0.2, -0.15) is 5.26 Å². The van der Waals surface area contributed by atoms with Gasteiger partial charge in [0, 0.05) is 10.6 Å². The van der Waals surface area contributed by atoms with Crippen molar-refractivity contribution in [2.24, 2.45) is 0 Å². The van der Waals surface area contributed by atoms with Crippen molar-refractivity contribution in [3.05, 3.63) is 34.9 Å². The molecule has 5 heteroatoms. The van der Waals surface area contributed by atoms with Gasteiger partial charge < -0.3 is 10.6 Å². The molecule has 0 radical (unpaired) electrons. The molecule has 23 heavy (non-hydrogen) atoms. The Balaban J connectivity index is 1.94. The molecule has 1 aliphatic rings. The van der Waals surface area contributed by atoms with Gasteiger partial charge in [-0.25, -0.2) is 0 Å². The van der Waals surface area contributed by atoms with Gasteiger partial charge >= 0.3 is 0 Å². The lowest BCUT2D eigenvalue weighted by molar-refractivity contribution is -0.710. The third kappa shape index (κ3) is 4.70. The van der Waals surface area contributed by atoms with E-state index in [-0.39, 0.29) is 18.0 Å². The van der Waals surface area contributed by atoms with E-state index in [1.807, 2.05) is 36.5 Å². The van der Waals surface area contributed by atoms with Crippen LogP contribution in [0.4, 0.5) is 0 Å². The highest BCUT2D eigenvalue weighted by Crippen LogP contribution is 2.27. The molecule has 0 heterocycles. The molecule has 0 saturated heterocycles. The normalized spacial score (nSPS) is 19.4. The van der Waals surface area contributed by atoms with Crippen LogP contribution in [0.3, 0.4) is 0 Å². The van der Waals surface area contributed by atoms with E-state index in [0.717, 1.165) is 37.7 Å². The first-order chi connectivity index (χ1) is 11.0. The molecular formula is C18H25ClN3O+. The average Bonchev–Trinajstić information content (AvgIpc) is 2.56. The number of rotatable bonds is 5. The number of benzene rings is 1. The van der Waals surface area contributed by atoms with Crippen LogP contribution in [0.15, 0.2) is 24.3 Å². The van der Waals surface area contributed by atoms with Gasteiger partial charge in [0.25, 0.3) is 5.91 Å². The molecule has 1 fully saturated rings. The first kappa shape index (κ1) is 17.8. The van der Waals surface area contributed by atoms with Crippen molar-refractivity contribution in [2.45, 2.75) is 63.6 Å². The Kier molecular flexibility index (Phi) is 6.04. The van der Waals surface area contributed by atoms with E-state index < -0.39 is 5.54 Å². The fourth-order valence-corrected chi connectivity index (χ4v) is 3.29. The van der Waals surface area contributed by atoms with Gasteiger partial charge in [-0.1, -0.05) is 43.0 Å². The summed E-state index contributed by atoms with van der Waals surface area (Å²) >= 11 is 5.91. The summed E-state index contributed by atoms with van der Waals surface area (Å²) < 4.78 is 0. The molecule has 0 bridgehead atoms. The molecular weight excluding hydrogens is 310 g/mol. The van der Waals surface area contributed by atoms with Gasteiger partial charge in [0.15, 0.2) is 6.04 Å². The Morgan fingerprint density at radius 1 is 1.26 bits per heavy atom. The SMILES string of the molecule is C[C@H]([NH2+][C@H](C)C(=O)NC1(C#N)CCCCC1)c1ccc(Cl)cc1. The minimum Gasteiger partial charge on any atom is -0.333 e. The first-order valence-corrected chi connectivity index (χ1v) is 8.67. The highest BCUT2D eigenvalue weighted by molar-refractivity contribution is 6.30. The predicted molar refractivity (Wildman–Crippen MR) is 90.8 cm³/mol. The largest absolute Gasteiger partial charge is 0.333 e. The highest BCUT2D eigenvalue weighted by Gasteiger charge is 2.35. The Bertz CT molecular complexity index is 573. The van der Waals surface area contributed by atoms with Crippen LogP contribution in [-0.4, -0.2) is 17.5 Å². The van der Waals surface area contributed by atoms with Crippen LogP contribution in [0.2, 0.25) is 5.02 Å². The summed E-state index contributed by atoms with van der Waals surface area (Å²) in [4.78, 5) is 12.5. The summed E-state index contributed by atoms with van der Waals surface area (Å²) in [5.41, 5.74) is 0.461. The summed E-state index contributed by atoms with van der Waals surface area (Å²) in [5, 5.41) is 15.2. The van der Waals surface area contributed by atoms with Gasteiger partial charge in [-0.05, 0) is 38.8 Å². The molecule has 124 valence electrons.